The summed E-state index contributed by atoms with van der Waals surface area (Å²) in [6, 6.07) is 9.70. The average molecular weight is 336 g/mol. The molecule has 0 aliphatic heterocycles. The normalized spacial score (nSPS) is 10.6. The van der Waals surface area contributed by atoms with E-state index >= 15 is 0 Å². The van der Waals surface area contributed by atoms with Gasteiger partial charge in [0.1, 0.15) is 11.6 Å². The number of rotatable bonds is 5. The Morgan fingerprint density at radius 3 is 2.52 bits per heavy atom. The molecule has 0 fully saturated rings. The third kappa shape index (κ3) is 4.23. The van der Waals surface area contributed by atoms with E-state index in [-0.39, 0.29) is 16.1 Å². The second-order valence-corrected chi connectivity index (χ2v) is 4.98. The molecule has 0 aliphatic rings. The molecule has 0 saturated heterocycles. The summed E-state index contributed by atoms with van der Waals surface area (Å²) in [5.74, 6) is -0.530. The minimum Gasteiger partial charge on any atom is -0.497 e. The highest BCUT2D eigenvalue weighted by molar-refractivity contribution is 6.31. The molecule has 2 aromatic rings. The van der Waals surface area contributed by atoms with E-state index < -0.39 is 11.8 Å². The lowest BCUT2D eigenvalue weighted by atomic mass is 10.1. The summed E-state index contributed by atoms with van der Waals surface area (Å²) in [6.07, 6.45) is 2.97. The van der Waals surface area contributed by atoms with Crippen molar-refractivity contribution < 1.29 is 18.7 Å². The number of esters is 1. The molecule has 0 saturated carbocycles. The smallest absolute Gasteiger partial charge is 0.338 e. The van der Waals surface area contributed by atoms with Gasteiger partial charge < -0.3 is 14.8 Å². The standard InChI is InChI=1S/C17H15ClFNO3/c1-22-13-5-3-12(4-6-13)20-8-7-14-15(17(21)23-2)9-11(18)10-16(14)19/h3-10,20H,1-2H3. The second kappa shape index (κ2) is 7.65. The highest BCUT2D eigenvalue weighted by atomic mass is 35.5. The first-order chi connectivity index (χ1) is 11.0. The molecule has 0 bridgehead atoms. The number of anilines is 1. The molecule has 23 heavy (non-hydrogen) atoms. The van der Waals surface area contributed by atoms with Gasteiger partial charge in [-0.15, -0.1) is 0 Å². The lowest BCUT2D eigenvalue weighted by Gasteiger charge is -2.07. The molecule has 6 heteroatoms. The van der Waals surface area contributed by atoms with Crippen LogP contribution in [0.5, 0.6) is 5.75 Å². The minimum atomic E-state index is -0.657. The fourth-order valence-corrected chi connectivity index (χ4v) is 2.15. The van der Waals surface area contributed by atoms with Gasteiger partial charge in [-0.1, -0.05) is 11.6 Å². The van der Waals surface area contributed by atoms with Crippen LogP contribution in [0.4, 0.5) is 10.1 Å². The summed E-state index contributed by atoms with van der Waals surface area (Å²) >= 11 is 5.78. The van der Waals surface area contributed by atoms with Crippen LogP contribution in [0.15, 0.2) is 42.6 Å². The summed E-state index contributed by atoms with van der Waals surface area (Å²) in [4.78, 5) is 11.7. The fourth-order valence-electron chi connectivity index (χ4n) is 1.94. The number of ether oxygens (including phenoxy) is 2. The number of hydrogen-bond donors (Lipinski definition) is 1. The zero-order valence-electron chi connectivity index (χ0n) is 12.6. The molecule has 0 aromatic heterocycles. The Morgan fingerprint density at radius 1 is 1.22 bits per heavy atom. The van der Waals surface area contributed by atoms with Crippen LogP contribution in [0.1, 0.15) is 15.9 Å². The number of hydrogen-bond acceptors (Lipinski definition) is 4. The maximum absolute atomic E-state index is 14.0. The molecule has 4 nitrogen and oxygen atoms in total. The van der Waals surface area contributed by atoms with Crippen LogP contribution in [0.3, 0.4) is 0 Å². The van der Waals surface area contributed by atoms with Crippen molar-refractivity contribution in [2.45, 2.75) is 0 Å². The second-order valence-electron chi connectivity index (χ2n) is 4.55. The molecule has 0 radical (unpaired) electrons. The largest absolute Gasteiger partial charge is 0.497 e. The third-order valence-electron chi connectivity index (χ3n) is 3.09. The lowest BCUT2D eigenvalue weighted by molar-refractivity contribution is 0.0600. The Hall–Kier alpha value is -2.53. The van der Waals surface area contributed by atoms with Gasteiger partial charge in [0, 0.05) is 22.5 Å². The van der Waals surface area contributed by atoms with Gasteiger partial charge in [-0.3, -0.25) is 0 Å². The van der Waals surface area contributed by atoms with E-state index in [0.717, 1.165) is 17.5 Å². The molecule has 0 spiro atoms. The van der Waals surface area contributed by atoms with Crippen LogP contribution in [0, 0.1) is 5.82 Å². The topological polar surface area (TPSA) is 47.6 Å². The quantitative estimate of drug-likeness (QED) is 0.825. The molecule has 2 rings (SSSR count). The Labute approximate surface area is 138 Å². The van der Waals surface area contributed by atoms with Crippen molar-refractivity contribution >= 4 is 29.3 Å². The van der Waals surface area contributed by atoms with E-state index in [1.807, 2.05) is 12.1 Å². The zero-order valence-corrected chi connectivity index (χ0v) is 13.4. The van der Waals surface area contributed by atoms with Crippen LogP contribution in [-0.2, 0) is 4.74 Å². The Kier molecular flexibility index (Phi) is 5.60. The molecule has 0 heterocycles. The summed E-state index contributed by atoms with van der Waals surface area (Å²) in [5, 5.41) is 3.11. The van der Waals surface area contributed by atoms with E-state index in [9.17, 15) is 9.18 Å². The molecule has 0 amide bonds. The number of halogens is 2. The first-order valence-corrected chi connectivity index (χ1v) is 7.07. The van der Waals surface area contributed by atoms with Crippen LogP contribution >= 0.6 is 11.6 Å². The van der Waals surface area contributed by atoms with E-state index in [0.29, 0.717) is 0 Å². The number of carbonyl (C=O) groups excluding carboxylic acids is 1. The number of nitrogens with one attached hydrogen (secondary N) is 1. The molecule has 120 valence electrons. The predicted octanol–water partition coefficient (Wildman–Crippen LogP) is 4.36. The van der Waals surface area contributed by atoms with Crippen LogP contribution in [0.25, 0.3) is 6.08 Å². The average Bonchev–Trinajstić information content (AvgIpc) is 2.56. The molecular weight excluding hydrogens is 321 g/mol. The van der Waals surface area contributed by atoms with Crippen LogP contribution in [-0.4, -0.2) is 20.2 Å². The van der Waals surface area contributed by atoms with Crippen molar-refractivity contribution in [3.8, 4) is 5.75 Å². The van der Waals surface area contributed by atoms with Gasteiger partial charge in [0.15, 0.2) is 0 Å². The van der Waals surface area contributed by atoms with Gasteiger partial charge in [-0.2, -0.15) is 0 Å². The molecule has 2 aromatic carbocycles. The monoisotopic (exact) mass is 335 g/mol. The fraction of sp³-hybridized carbons (Fsp3) is 0.118. The zero-order chi connectivity index (χ0) is 16.8. The van der Waals surface area contributed by atoms with Crippen LogP contribution < -0.4 is 10.1 Å². The van der Waals surface area contributed by atoms with E-state index in [4.69, 9.17) is 16.3 Å². The van der Waals surface area contributed by atoms with Crippen molar-refractivity contribution in [3.05, 3.63) is 64.6 Å². The van der Waals surface area contributed by atoms with Gasteiger partial charge in [0.05, 0.1) is 19.8 Å². The minimum absolute atomic E-state index is 0.0604. The van der Waals surface area contributed by atoms with Gasteiger partial charge in [0.25, 0.3) is 0 Å². The first kappa shape index (κ1) is 16.8. The van der Waals surface area contributed by atoms with Crippen molar-refractivity contribution in [1.82, 2.24) is 0 Å². The molecule has 0 aliphatic carbocycles. The van der Waals surface area contributed by atoms with Crippen molar-refractivity contribution in [3.63, 3.8) is 0 Å². The van der Waals surface area contributed by atoms with Gasteiger partial charge in [-0.05, 0) is 42.5 Å². The van der Waals surface area contributed by atoms with Crippen LogP contribution in [0.2, 0.25) is 5.02 Å². The van der Waals surface area contributed by atoms with Crippen molar-refractivity contribution in [2.75, 3.05) is 19.5 Å². The summed E-state index contributed by atoms with van der Waals surface area (Å²) < 4.78 is 23.8. The van der Waals surface area contributed by atoms with Crippen molar-refractivity contribution in [2.24, 2.45) is 0 Å². The maximum atomic E-state index is 14.0. The molecule has 0 atom stereocenters. The van der Waals surface area contributed by atoms with E-state index in [1.54, 1.807) is 19.2 Å². The van der Waals surface area contributed by atoms with E-state index in [1.165, 1.54) is 25.5 Å². The lowest BCUT2D eigenvalue weighted by Crippen LogP contribution is -2.05. The Morgan fingerprint density at radius 2 is 1.91 bits per heavy atom. The summed E-state index contributed by atoms with van der Waals surface area (Å²) in [6.45, 7) is 0. The SMILES string of the molecule is COC(=O)c1cc(Cl)cc(F)c1C=CNc1ccc(OC)cc1. The Balaban J connectivity index is 2.22. The van der Waals surface area contributed by atoms with Gasteiger partial charge in [-0.25, -0.2) is 9.18 Å². The molecular formula is C17H15ClFNO3. The number of benzene rings is 2. The van der Waals surface area contributed by atoms with Crippen molar-refractivity contribution in [1.29, 1.82) is 0 Å². The highest BCUT2D eigenvalue weighted by Crippen LogP contribution is 2.22. The summed E-state index contributed by atoms with van der Waals surface area (Å²) in [5.41, 5.74) is 0.948. The third-order valence-corrected chi connectivity index (χ3v) is 3.31. The highest BCUT2D eigenvalue weighted by Gasteiger charge is 2.15. The molecule has 0 unspecified atom stereocenters. The van der Waals surface area contributed by atoms with Gasteiger partial charge >= 0.3 is 5.97 Å². The maximum Gasteiger partial charge on any atom is 0.338 e. The number of methoxy groups -OCH3 is 2. The predicted molar refractivity (Wildman–Crippen MR) is 88.4 cm³/mol. The summed E-state index contributed by atoms with van der Waals surface area (Å²) in [7, 11) is 2.81. The molecule has 1 N–H and O–H groups in total. The Bertz CT molecular complexity index is 729. The van der Waals surface area contributed by atoms with Gasteiger partial charge in [0.2, 0.25) is 0 Å². The van der Waals surface area contributed by atoms with E-state index in [2.05, 4.69) is 10.1 Å². The first-order valence-electron chi connectivity index (χ1n) is 6.69. The number of carbonyl (C=O) groups is 1.